The van der Waals surface area contributed by atoms with Crippen molar-refractivity contribution >= 4 is 12.0 Å². The van der Waals surface area contributed by atoms with Crippen LogP contribution in [0.1, 0.15) is 33.6 Å². The van der Waals surface area contributed by atoms with Crippen molar-refractivity contribution in [3.8, 4) is 0 Å². The largest absolute Gasteiger partial charge is 0.465 e. The van der Waals surface area contributed by atoms with E-state index in [1.165, 1.54) is 9.80 Å². The maximum atomic E-state index is 12.8. The molecule has 2 atom stereocenters. The fourth-order valence-electron chi connectivity index (χ4n) is 3.14. The minimum Gasteiger partial charge on any atom is -0.465 e. The van der Waals surface area contributed by atoms with E-state index in [9.17, 15) is 14.7 Å². The molecule has 2 amide bonds. The zero-order valence-corrected chi connectivity index (χ0v) is 14.1. The molecule has 1 saturated heterocycles. The van der Waals surface area contributed by atoms with Crippen LogP contribution >= 0.6 is 0 Å². The van der Waals surface area contributed by atoms with Gasteiger partial charge in [-0.25, -0.2) is 4.79 Å². The summed E-state index contributed by atoms with van der Waals surface area (Å²) in [5.41, 5.74) is -1.71. The number of carbonyl (C=O) groups excluding carboxylic acids is 1. The summed E-state index contributed by atoms with van der Waals surface area (Å²) in [7, 11) is 3.27. The molecule has 0 aliphatic carbocycles. The lowest BCUT2D eigenvalue weighted by Gasteiger charge is -2.46. The molecule has 1 rings (SSSR count). The maximum absolute atomic E-state index is 12.8. The smallest absolute Gasteiger partial charge is 0.408 e. The first-order valence-corrected chi connectivity index (χ1v) is 7.52. The van der Waals surface area contributed by atoms with Crippen molar-refractivity contribution in [3.05, 3.63) is 0 Å². The molecule has 0 aromatic rings. The Labute approximate surface area is 131 Å². The van der Waals surface area contributed by atoms with Crippen molar-refractivity contribution in [2.24, 2.45) is 5.41 Å². The van der Waals surface area contributed by atoms with Crippen LogP contribution in [0.15, 0.2) is 0 Å². The topological polar surface area (TPSA) is 90.3 Å². The predicted molar refractivity (Wildman–Crippen MR) is 81.7 cm³/mol. The molecule has 2 N–H and O–H groups in total. The zero-order valence-electron chi connectivity index (χ0n) is 14.1. The third kappa shape index (κ3) is 3.35. The van der Waals surface area contributed by atoms with Crippen LogP contribution in [0.25, 0.3) is 0 Å². The molecule has 1 fully saturated rings. The van der Waals surface area contributed by atoms with Crippen molar-refractivity contribution in [1.29, 1.82) is 0 Å². The quantitative estimate of drug-likeness (QED) is 0.739. The van der Waals surface area contributed by atoms with E-state index in [0.29, 0.717) is 19.4 Å². The van der Waals surface area contributed by atoms with Gasteiger partial charge in [0.2, 0.25) is 5.91 Å². The van der Waals surface area contributed by atoms with Gasteiger partial charge >= 0.3 is 6.09 Å². The second-order valence-corrected chi connectivity index (χ2v) is 6.98. The minimum absolute atomic E-state index is 0.0242. The fraction of sp³-hybridized carbons (Fsp3) is 0.867. The Morgan fingerprint density at radius 3 is 2.36 bits per heavy atom. The summed E-state index contributed by atoms with van der Waals surface area (Å²) in [6, 6.07) is 0. The van der Waals surface area contributed by atoms with Crippen molar-refractivity contribution in [2.45, 2.75) is 45.3 Å². The third-order valence-electron chi connectivity index (χ3n) is 4.26. The van der Waals surface area contributed by atoms with Gasteiger partial charge in [-0.15, -0.1) is 0 Å². The van der Waals surface area contributed by atoms with Crippen LogP contribution < -0.4 is 0 Å². The molecular weight excluding hydrogens is 288 g/mol. The molecule has 22 heavy (non-hydrogen) atoms. The number of carbonyl (C=O) groups is 2. The van der Waals surface area contributed by atoms with Crippen molar-refractivity contribution in [1.82, 2.24) is 9.80 Å². The number of carboxylic acid groups (broad SMARTS) is 1. The van der Waals surface area contributed by atoms with Crippen LogP contribution in [0.4, 0.5) is 4.79 Å². The van der Waals surface area contributed by atoms with Crippen LogP contribution in [0, 0.1) is 5.41 Å². The lowest BCUT2D eigenvalue weighted by molar-refractivity contribution is -0.146. The Morgan fingerprint density at radius 2 is 1.95 bits per heavy atom. The average Bonchev–Trinajstić information content (AvgIpc) is 2.78. The van der Waals surface area contributed by atoms with Crippen LogP contribution in [-0.4, -0.2) is 77.5 Å². The number of aliphatic hydroxyl groups is 1. The van der Waals surface area contributed by atoms with Crippen LogP contribution in [0.3, 0.4) is 0 Å². The Morgan fingerprint density at radius 1 is 1.36 bits per heavy atom. The molecule has 0 aromatic heterocycles. The van der Waals surface area contributed by atoms with Crippen molar-refractivity contribution < 1.29 is 24.5 Å². The van der Waals surface area contributed by atoms with E-state index in [1.807, 2.05) is 20.8 Å². The van der Waals surface area contributed by atoms with Crippen LogP contribution in [-0.2, 0) is 9.53 Å². The summed E-state index contributed by atoms with van der Waals surface area (Å²) < 4.78 is 5.67. The first-order valence-electron chi connectivity index (χ1n) is 7.52. The molecular formula is C15H28N2O5. The van der Waals surface area contributed by atoms with Gasteiger partial charge < -0.3 is 19.8 Å². The van der Waals surface area contributed by atoms with Crippen LogP contribution in [0.5, 0.6) is 0 Å². The fourth-order valence-corrected chi connectivity index (χ4v) is 3.14. The SMILES string of the molecule is CN(C)C(=O)[C@@]1(C(C)(C)C)C[C@@H](OCCCO)CN1C(=O)O. The van der Waals surface area contributed by atoms with E-state index in [0.717, 1.165) is 0 Å². The highest BCUT2D eigenvalue weighted by Crippen LogP contribution is 2.45. The Balaban J connectivity index is 3.15. The molecule has 0 unspecified atom stereocenters. The van der Waals surface area contributed by atoms with Gasteiger partial charge in [0.15, 0.2) is 0 Å². The van der Waals surface area contributed by atoms with Gasteiger partial charge in [-0.3, -0.25) is 9.69 Å². The van der Waals surface area contributed by atoms with E-state index in [2.05, 4.69) is 0 Å². The molecule has 1 aliphatic rings. The Bertz CT molecular complexity index is 419. The van der Waals surface area contributed by atoms with Gasteiger partial charge in [-0.05, 0) is 11.8 Å². The molecule has 7 heteroatoms. The minimum atomic E-state index is -1.15. The van der Waals surface area contributed by atoms with Gasteiger partial charge in [-0.1, -0.05) is 20.8 Å². The first-order chi connectivity index (χ1) is 10.1. The lowest BCUT2D eigenvalue weighted by atomic mass is 9.70. The summed E-state index contributed by atoms with van der Waals surface area (Å²) >= 11 is 0. The molecule has 0 saturated carbocycles. The molecule has 0 aromatic carbocycles. The van der Waals surface area contributed by atoms with E-state index in [-0.39, 0.29) is 25.2 Å². The van der Waals surface area contributed by atoms with Gasteiger partial charge in [0.25, 0.3) is 0 Å². The maximum Gasteiger partial charge on any atom is 0.408 e. The normalized spacial score (nSPS) is 25.4. The Hall–Kier alpha value is -1.34. The molecule has 1 heterocycles. The molecule has 0 radical (unpaired) electrons. The van der Waals surface area contributed by atoms with E-state index < -0.39 is 17.0 Å². The van der Waals surface area contributed by atoms with Crippen molar-refractivity contribution in [3.63, 3.8) is 0 Å². The highest BCUT2D eigenvalue weighted by molar-refractivity contribution is 5.91. The molecule has 7 nitrogen and oxygen atoms in total. The second kappa shape index (κ2) is 6.83. The number of aliphatic hydroxyl groups excluding tert-OH is 1. The summed E-state index contributed by atoms with van der Waals surface area (Å²) in [6.45, 7) is 6.17. The van der Waals surface area contributed by atoms with E-state index in [4.69, 9.17) is 9.84 Å². The standard InChI is InChI=1S/C15H28N2O5/c1-14(2,3)15(12(19)16(4)5)9-11(22-8-6-7-18)10-17(15)13(20)21/h11,18H,6-10H2,1-5H3,(H,20,21)/t11-,15-/m1/s1. The first kappa shape index (κ1) is 18.7. The second-order valence-electron chi connectivity index (χ2n) is 6.98. The third-order valence-corrected chi connectivity index (χ3v) is 4.26. The van der Waals surface area contributed by atoms with Gasteiger partial charge in [-0.2, -0.15) is 0 Å². The van der Waals surface area contributed by atoms with Gasteiger partial charge in [0.1, 0.15) is 5.54 Å². The van der Waals surface area contributed by atoms with Crippen LogP contribution in [0.2, 0.25) is 0 Å². The summed E-state index contributed by atoms with van der Waals surface area (Å²) in [6.07, 6.45) is -0.636. The number of nitrogens with zero attached hydrogens (tertiary/aromatic N) is 2. The predicted octanol–water partition coefficient (Wildman–Crippen LogP) is 1.01. The van der Waals surface area contributed by atoms with E-state index >= 15 is 0 Å². The monoisotopic (exact) mass is 316 g/mol. The number of likely N-dealkylation sites (N-methyl/N-ethyl adjacent to an activating group) is 1. The number of hydrogen-bond donors (Lipinski definition) is 2. The zero-order chi connectivity index (χ0) is 17.1. The summed E-state index contributed by atoms with van der Waals surface area (Å²) in [5.74, 6) is -0.226. The molecule has 0 bridgehead atoms. The molecule has 1 aliphatic heterocycles. The van der Waals surface area contributed by atoms with Crippen molar-refractivity contribution in [2.75, 3.05) is 33.9 Å². The average molecular weight is 316 g/mol. The lowest BCUT2D eigenvalue weighted by Crippen LogP contribution is -2.63. The number of rotatable bonds is 5. The van der Waals surface area contributed by atoms with E-state index in [1.54, 1.807) is 14.1 Å². The summed E-state index contributed by atoms with van der Waals surface area (Å²) in [5, 5.41) is 18.4. The number of ether oxygens (including phenoxy) is 1. The number of hydrogen-bond acceptors (Lipinski definition) is 4. The Kier molecular flexibility index (Phi) is 5.81. The van der Waals surface area contributed by atoms with Gasteiger partial charge in [0.05, 0.1) is 12.6 Å². The highest BCUT2D eigenvalue weighted by atomic mass is 16.5. The number of likely N-dealkylation sites (tertiary alicyclic amines) is 1. The molecule has 0 spiro atoms. The van der Waals surface area contributed by atoms with Gasteiger partial charge in [0, 0.05) is 33.7 Å². The number of amides is 2. The summed E-state index contributed by atoms with van der Waals surface area (Å²) in [4.78, 5) is 27.2. The molecule has 128 valence electrons. The highest BCUT2D eigenvalue weighted by Gasteiger charge is 2.60.